The van der Waals surface area contributed by atoms with E-state index in [1.165, 1.54) is 11.3 Å². The maximum absolute atomic E-state index is 8.98. The number of nitrogens with zero attached hydrogens (tertiary/aromatic N) is 3. The van der Waals surface area contributed by atoms with Crippen molar-refractivity contribution in [3.8, 4) is 6.07 Å². The first kappa shape index (κ1) is 8.31. The van der Waals surface area contributed by atoms with Crippen molar-refractivity contribution in [3.05, 3.63) is 17.0 Å². The molecule has 13 heavy (non-hydrogen) atoms. The molecule has 0 saturated heterocycles. The van der Waals surface area contributed by atoms with Gasteiger partial charge in [0.15, 0.2) is 0 Å². The summed E-state index contributed by atoms with van der Waals surface area (Å²) in [7, 11) is 1.96. The second-order valence-corrected chi connectivity index (χ2v) is 3.64. The molecule has 1 atom stereocenters. The van der Waals surface area contributed by atoms with Crippen LogP contribution in [0.3, 0.4) is 0 Å². The first-order chi connectivity index (χ1) is 6.24. The Balaban J connectivity index is 2.56. The molecule has 0 amide bonds. The Morgan fingerprint density at radius 2 is 2.38 bits per heavy atom. The zero-order valence-corrected chi connectivity index (χ0v) is 8.04. The van der Waals surface area contributed by atoms with Crippen molar-refractivity contribution in [3.63, 3.8) is 0 Å². The molecule has 0 radical (unpaired) electrons. The van der Waals surface area contributed by atoms with Crippen molar-refractivity contribution in [2.45, 2.75) is 32.1 Å². The first-order valence-corrected chi connectivity index (χ1v) is 4.66. The summed E-state index contributed by atoms with van der Waals surface area (Å²) < 4.78 is 1.92. The Labute approximate surface area is 78.0 Å². The Kier molecular flexibility index (Phi) is 1.84. The van der Waals surface area contributed by atoms with Crippen LogP contribution in [0.2, 0.25) is 0 Å². The molecule has 0 aliphatic heterocycles. The second kappa shape index (κ2) is 2.88. The van der Waals surface area contributed by atoms with Crippen LogP contribution in [0.25, 0.3) is 0 Å². The summed E-state index contributed by atoms with van der Waals surface area (Å²) in [6.45, 7) is 1.99. The van der Waals surface area contributed by atoms with E-state index in [0.717, 1.165) is 25.0 Å². The highest BCUT2D eigenvalue weighted by Crippen LogP contribution is 2.32. The predicted octanol–water partition coefficient (Wildman–Crippen LogP) is 1.67. The predicted molar refractivity (Wildman–Crippen MR) is 49.2 cm³/mol. The van der Waals surface area contributed by atoms with Crippen molar-refractivity contribution < 1.29 is 0 Å². The van der Waals surface area contributed by atoms with E-state index >= 15 is 0 Å². The van der Waals surface area contributed by atoms with Gasteiger partial charge in [-0.2, -0.15) is 10.4 Å². The topological polar surface area (TPSA) is 41.6 Å². The van der Waals surface area contributed by atoms with E-state index in [0.29, 0.717) is 0 Å². The Bertz CT molecular complexity index is 370. The van der Waals surface area contributed by atoms with Gasteiger partial charge in [-0.25, -0.2) is 0 Å². The van der Waals surface area contributed by atoms with Gasteiger partial charge in [0.25, 0.3) is 0 Å². The molecule has 1 unspecified atom stereocenters. The highest BCUT2D eigenvalue weighted by Gasteiger charge is 2.25. The molecule has 1 aromatic heterocycles. The summed E-state index contributed by atoms with van der Waals surface area (Å²) in [5.41, 5.74) is 3.48. The molecule has 0 bridgehead atoms. The normalized spacial score (nSPS) is 20.8. The number of aromatic nitrogens is 2. The SMILES string of the molecule is Cc1nn(C)c2c1C(C#N)CCC2. The summed E-state index contributed by atoms with van der Waals surface area (Å²) in [4.78, 5) is 0. The molecule has 0 saturated carbocycles. The molecule has 1 heterocycles. The standard InChI is InChI=1S/C10H13N3/c1-7-10-8(6-11)4-3-5-9(10)13(2)12-7/h8H,3-5H2,1-2H3. The maximum atomic E-state index is 8.98. The van der Waals surface area contributed by atoms with Crippen LogP contribution in [-0.2, 0) is 13.5 Å². The zero-order valence-electron chi connectivity index (χ0n) is 8.04. The molecule has 1 aromatic rings. The summed E-state index contributed by atoms with van der Waals surface area (Å²) in [5.74, 6) is 0.0810. The fourth-order valence-corrected chi connectivity index (χ4v) is 2.22. The van der Waals surface area contributed by atoms with E-state index in [4.69, 9.17) is 5.26 Å². The highest BCUT2D eigenvalue weighted by atomic mass is 15.3. The highest BCUT2D eigenvalue weighted by molar-refractivity contribution is 5.35. The third kappa shape index (κ3) is 1.14. The lowest BCUT2D eigenvalue weighted by atomic mass is 9.86. The van der Waals surface area contributed by atoms with Gasteiger partial charge in [0.2, 0.25) is 0 Å². The van der Waals surface area contributed by atoms with E-state index in [2.05, 4.69) is 11.2 Å². The second-order valence-electron chi connectivity index (χ2n) is 3.64. The van der Waals surface area contributed by atoms with Crippen LogP contribution in [0, 0.1) is 18.3 Å². The van der Waals surface area contributed by atoms with Crippen LogP contribution in [0.4, 0.5) is 0 Å². The number of rotatable bonds is 0. The van der Waals surface area contributed by atoms with Gasteiger partial charge in [-0.3, -0.25) is 4.68 Å². The van der Waals surface area contributed by atoms with Gasteiger partial charge in [-0.15, -0.1) is 0 Å². The van der Waals surface area contributed by atoms with E-state index in [1.54, 1.807) is 0 Å². The van der Waals surface area contributed by atoms with Crippen LogP contribution >= 0.6 is 0 Å². The average Bonchev–Trinajstić information content (AvgIpc) is 2.43. The molecule has 68 valence electrons. The maximum Gasteiger partial charge on any atom is 0.0749 e. The number of fused-ring (bicyclic) bond motifs is 1. The summed E-state index contributed by atoms with van der Waals surface area (Å²) >= 11 is 0. The van der Waals surface area contributed by atoms with Gasteiger partial charge in [0, 0.05) is 18.3 Å². The van der Waals surface area contributed by atoms with Gasteiger partial charge in [0.1, 0.15) is 0 Å². The van der Waals surface area contributed by atoms with Gasteiger partial charge in [-0.05, 0) is 26.2 Å². The smallest absolute Gasteiger partial charge is 0.0749 e. The van der Waals surface area contributed by atoms with Gasteiger partial charge < -0.3 is 0 Å². The van der Waals surface area contributed by atoms with Crippen molar-refractivity contribution in [1.82, 2.24) is 9.78 Å². The van der Waals surface area contributed by atoms with Crippen molar-refractivity contribution in [2.75, 3.05) is 0 Å². The first-order valence-electron chi connectivity index (χ1n) is 4.66. The summed E-state index contributed by atoms with van der Waals surface area (Å²) in [6, 6.07) is 2.36. The lowest BCUT2D eigenvalue weighted by Gasteiger charge is -2.17. The van der Waals surface area contributed by atoms with Crippen molar-refractivity contribution >= 4 is 0 Å². The summed E-state index contributed by atoms with van der Waals surface area (Å²) in [6.07, 6.45) is 3.19. The van der Waals surface area contributed by atoms with Crippen molar-refractivity contribution in [1.29, 1.82) is 5.26 Å². The average molecular weight is 175 g/mol. The zero-order chi connectivity index (χ0) is 9.42. The number of nitriles is 1. The molecule has 1 aliphatic carbocycles. The molecule has 0 N–H and O–H groups in total. The Morgan fingerprint density at radius 3 is 3.08 bits per heavy atom. The molecule has 3 heteroatoms. The lowest BCUT2D eigenvalue weighted by molar-refractivity contribution is 0.597. The minimum Gasteiger partial charge on any atom is -0.272 e. The minimum absolute atomic E-state index is 0.0810. The van der Waals surface area contributed by atoms with E-state index in [1.807, 2.05) is 18.7 Å². The number of aryl methyl sites for hydroxylation is 2. The minimum atomic E-state index is 0.0810. The van der Waals surface area contributed by atoms with Crippen LogP contribution in [0.1, 0.15) is 35.7 Å². The largest absolute Gasteiger partial charge is 0.272 e. The molecule has 3 nitrogen and oxygen atoms in total. The fraction of sp³-hybridized carbons (Fsp3) is 0.600. The van der Waals surface area contributed by atoms with Crippen LogP contribution < -0.4 is 0 Å². The van der Waals surface area contributed by atoms with Crippen molar-refractivity contribution in [2.24, 2.45) is 7.05 Å². The van der Waals surface area contributed by atoms with E-state index in [-0.39, 0.29) is 5.92 Å². The van der Waals surface area contributed by atoms with Crippen LogP contribution in [-0.4, -0.2) is 9.78 Å². The Morgan fingerprint density at radius 1 is 1.62 bits per heavy atom. The van der Waals surface area contributed by atoms with E-state index < -0.39 is 0 Å². The monoisotopic (exact) mass is 175 g/mol. The molecule has 1 aliphatic rings. The third-order valence-corrected chi connectivity index (χ3v) is 2.80. The molecular formula is C10H13N3. The lowest BCUT2D eigenvalue weighted by Crippen LogP contribution is -2.10. The summed E-state index contributed by atoms with van der Waals surface area (Å²) in [5, 5.41) is 13.3. The van der Waals surface area contributed by atoms with Crippen LogP contribution in [0.15, 0.2) is 0 Å². The Hall–Kier alpha value is -1.30. The van der Waals surface area contributed by atoms with E-state index in [9.17, 15) is 0 Å². The molecular weight excluding hydrogens is 162 g/mol. The van der Waals surface area contributed by atoms with Gasteiger partial charge in [-0.1, -0.05) is 0 Å². The fourth-order valence-electron chi connectivity index (χ4n) is 2.22. The molecule has 0 spiro atoms. The number of hydrogen-bond donors (Lipinski definition) is 0. The third-order valence-electron chi connectivity index (χ3n) is 2.80. The number of hydrogen-bond acceptors (Lipinski definition) is 2. The van der Waals surface area contributed by atoms with Crippen LogP contribution in [0.5, 0.6) is 0 Å². The molecule has 2 rings (SSSR count). The molecule has 0 aromatic carbocycles. The van der Waals surface area contributed by atoms with Gasteiger partial charge in [0.05, 0.1) is 17.7 Å². The molecule has 0 fully saturated rings. The van der Waals surface area contributed by atoms with Gasteiger partial charge >= 0.3 is 0 Å². The quantitative estimate of drug-likeness (QED) is 0.602.